The zero-order chi connectivity index (χ0) is 15.0. The number of rotatable bonds is 1. The molecule has 2 heterocycles. The summed E-state index contributed by atoms with van der Waals surface area (Å²) in [5, 5.41) is 9.47. The minimum absolute atomic E-state index is 0.353. The molecule has 7 rings (SSSR count). The van der Waals surface area contributed by atoms with E-state index in [0.717, 1.165) is 36.5 Å². The molecule has 4 fully saturated rings. The van der Waals surface area contributed by atoms with Gasteiger partial charge in [-0.05, 0) is 68.3 Å². The van der Waals surface area contributed by atoms with Crippen molar-refractivity contribution in [2.24, 2.45) is 17.8 Å². The Kier molecular flexibility index (Phi) is 2.36. The van der Waals surface area contributed by atoms with Crippen molar-refractivity contribution in [1.82, 2.24) is 14.8 Å². The molecule has 23 heavy (non-hydrogen) atoms. The highest BCUT2D eigenvalue weighted by Gasteiger charge is 2.54. The molecule has 3 nitrogen and oxygen atoms in total. The zero-order valence-corrected chi connectivity index (χ0v) is 13.5. The first-order valence-electron chi connectivity index (χ1n) is 9.33. The molecule has 0 N–H and O–H groups in total. The first-order valence-corrected chi connectivity index (χ1v) is 9.33. The third-order valence-electron chi connectivity index (χ3n) is 7.13. The number of nitrogens with zero attached hydrogens (tertiary/aromatic N) is 3. The van der Waals surface area contributed by atoms with Gasteiger partial charge in [-0.1, -0.05) is 24.3 Å². The first kappa shape index (κ1) is 12.7. The molecule has 0 unspecified atom stereocenters. The molecule has 2 aromatic rings. The van der Waals surface area contributed by atoms with Crippen LogP contribution in [0.25, 0.3) is 11.4 Å². The highest BCUT2D eigenvalue weighted by Crippen LogP contribution is 2.60. The number of hydrogen-bond donors (Lipinski definition) is 0. The average Bonchev–Trinajstić information content (AvgIpc) is 2.99. The predicted molar refractivity (Wildman–Crippen MR) is 89.0 cm³/mol. The largest absolute Gasteiger partial charge is 0.310 e. The van der Waals surface area contributed by atoms with Crippen molar-refractivity contribution >= 4 is 0 Å². The molecule has 0 radical (unpaired) electrons. The van der Waals surface area contributed by atoms with Crippen molar-refractivity contribution in [3.63, 3.8) is 0 Å². The van der Waals surface area contributed by atoms with Crippen LogP contribution in [0.4, 0.5) is 0 Å². The third-order valence-corrected chi connectivity index (χ3v) is 7.13. The summed E-state index contributed by atoms with van der Waals surface area (Å²) in [6, 6.07) is 8.74. The molecule has 0 amide bonds. The Morgan fingerprint density at radius 2 is 1.61 bits per heavy atom. The summed E-state index contributed by atoms with van der Waals surface area (Å²) in [5.74, 6) is 5.35. The lowest BCUT2D eigenvalue weighted by atomic mass is 9.49. The van der Waals surface area contributed by atoms with Crippen LogP contribution < -0.4 is 0 Å². The van der Waals surface area contributed by atoms with Crippen LogP contribution in [0.5, 0.6) is 0 Å². The quantitative estimate of drug-likeness (QED) is 0.798. The topological polar surface area (TPSA) is 30.7 Å². The first-order chi connectivity index (χ1) is 11.3. The van der Waals surface area contributed by atoms with E-state index in [-0.39, 0.29) is 0 Å². The van der Waals surface area contributed by atoms with Crippen molar-refractivity contribution < 1.29 is 0 Å². The van der Waals surface area contributed by atoms with Gasteiger partial charge in [0.05, 0.1) is 0 Å². The molecule has 118 valence electrons. The van der Waals surface area contributed by atoms with Gasteiger partial charge in [0.25, 0.3) is 0 Å². The SMILES string of the molecule is c1ccc2c(c1)CCn1c-2nnc1C12CC3CC(CC(C3)C1)C2. The molecular formula is C20H23N3. The van der Waals surface area contributed by atoms with Gasteiger partial charge in [0.2, 0.25) is 0 Å². The van der Waals surface area contributed by atoms with Gasteiger partial charge >= 0.3 is 0 Å². The molecule has 3 heteroatoms. The van der Waals surface area contributed by atoms with Crippen LogP contribution in [0.2, 0.25) is 0 Å². The fraction of sp³-hybridized carbons (Fsp3) is 0.600. The van der Waals surface area contributed by atoms with E-state index in [2.05, 4.69) is 33.9 Å². The van der Waals surface area contributed by atoms with Gasteiger partial charge in [0.15, 0.2) is 5.82 Å². The molecule has 0 saturated heterocycles. The predicted octanol–water partition coefficient (Wildman–Crippen LogP) is 3.97. The van der Waals surface area contributed by atoms with Gasteiger partial charge in [0, 0.05) is 17.5 Å². The smallest absolute Gasteiger partial charge is 0.164 e. The van der Waals surface area contributed by atoms with Gasteiger partial charge in [-0.25, -0.2) is 0 Å². The Bertz CT molecular complexity index is 753. The fourth-order valence-electron chi connectivity index (χ4n) is 6.68. The lowest BCUT2D eigenvalue weighted by molar-refractivity contribution is -0.0111. The highest BCUT2D eigenvalue weighted by molar-refractivity contribution is 5.62. The summed E-state index contributed by atoms with van der Waals surface area (Å²) >= 11 is 0. The van der Waals surface area contributed by atoms with E-state index in [9.17, 15) is 0 Å². The molecule has 4 saturated carbocycles. The maximum absolute atomic E-state index is 4.80. The van der Waals surface area contributed by atoms with E-state index in [1.807, 2.05) is 0 Å². The molecular weight excluding hydrogens is 282 g/mol. The number of hydrogen-bond acceptors (Lipinski definition) is 2. The van der Waals surface area contributed by atoms with Crippen LogP contribution in [0.3, 0.4) is 0 Å². The standard InChI is InChI=1S/C20H23N3/c1-2-4-17-16(3-1)5-6-23-18(17)21-22-19(23)20-10-13-7-14(11-20)9-15(8-13)12-20/h1-4,13-15H,5-12H2. The zero-order valence-electron chi connectivity index (χ0n) is 13.5. The van der Waals surface area contributed by atoms with Gasteiger partial charge in [0.1, 0.15) is 5.82 Å². The van der Waals surface area contributed by atoms with Crippen LogP contribution in [-0.2, 0) is 18.4 Å². The minimum Gasteiger partial charge on any atom is -0.310 e. The van der Waals surface area contributed by atoms with E-state index in [0.29, 0.717) is 5.41 Å². The number of aromatic nitrogens is 3. The van der Waals surface area contributed by atoms with Gasteiger partial charge < -0.3 is 4.57 Å². The third kappa shape index (κ3) is 1.66. The van der Waals surface area contributed by atoms with Crippen LogP contribution >= 0.6 is 0 Å². The molecule has 5 aliphatic rings. The number of aryl methyl sites for hydroxylation is 1. The Balaban J connectivity index is 1.49. The van der Waals surface area contributed by atoms with Gasteiger partial charge in [-0.3, -0.25) is 0 Å². The second-order valence-electron chi connectivity index (χ2n) is 8.60. The van der Waals surface area contributed by atoms with Crippen molar-refractivity contribution in [2.75, 3.05) is 0 Å². The van der Waals surface area contributed by atoms with E-state index in [1.165, 1.54) is 55.5 Å². The highest BCUT2D eigenvalue weighted by atomic mass is 15.3. The Hall–Kier alpha value is -1.64. The molecule has 4 aliphatic carbocycles. The lowest BCUT2D eigenvalue weighted by Crippen LogP contribution is -2.49. The summed E-state index contributed by atoms with van der Waals surface area (Å²) in [4.78, 5) is 0. The van der Waals surface area contributed by atoms with Crippen LogP contribution in [0.1, 0.15) is 49.9 Å². The summed E-state index contributed by atoms with van der Waals surface area (Å²) in [5.41, 5.74) is 3.10. The molecule has 4 bridgehead atoms. The molecule has 0 atom stereocenters. The van der Waals surface area contributed by atoms with E-state index in [4.69, 9.17) is 5.10 Å². The van der Waals surface area contributed by atoms with Gasteiger partial charge in [-0.2, -0.15) is 0 Å². The second kappa shape index (κ2) is 4.25. The van der Waals surface area contributed by atoms with Crippen LogP contribution in [-0.4, -0.2) is 14.8 Å². The van der Waals surface area contributed by atoms with Crippen molar-refractivity contribution in [1.29, 1.82) is 0 Å². The minimum atomic E-state index is 0.353. The second-order valence-corrected chi connectivity index (χ2v) is 8.60. The fourth-order valence-corrected chi connectivity index (χ4v) is 6.68. The molecule has 1 aliphatic heterocycles. The van der Waals surface area contributed by atoms with Gasteiger partial charge in [-0.15, -0.1) is 10.2 Å². The molecule has 1 aromatic heterocycles. The Morgan fingerprint density at radius 1 is 0.913 bits per heavy atom. The van der Waals surface area contributed by atoms with E-state index < -0.39 is 0 Å². The maximum atomic E-state index is 4.80. The van der Waals surface area contributed by atoms with Crippen LogP contribution in [0, 0.1) is 17.8 Å². The Morgan fingerprint density at radius 3 is 2.35 bits per heavy atom. The monoisotopic (exact) mass is 305 g/mol. The normalized spacial score (nSPS) is 36.8. The number of fused-ring (bicyclic) bond motifs is 3. The van der Waals surface area contributed by atoms with Crippen LogP contribution in [0.15, 0.2) is 24.3 Å². The maximum Gasteiger partial charge on any atom is 0.164 e. The molecule has 1 aromatic carbocycles. The van der Waals surface area contributed by atoms with E-state index in [1.54, 1.807) is 0 Å². The van der Waals surface area contributed by atoms with Crippen molar-refractivity contribution in [3.05, 3.63) is 35.7 Å². The van der Waals surface area contributed by atoms with E-state index >= 15 is 0 Å². The summed E-state index contributed by atoms with van der Waals surface area (Å²) in [7, 11) is 0. The lowest BCUT2D eigenvalue weighted by Gasteiger charge is -2.56. The molecule has 0 spiro atoms. The Labute approximate surface area is 137 Å². The van der Waals surface area contributed by atoms with Crippen molar-refractivity contribution in [2.45, 2.75) is 56.9 Å². The summed E-state index contributed by atoms with van der Waals surface area (Å²) < 4.78 is 2.48. The summed E-state index contributed by atoms with van der Waals surface area (Å²) in [6.07, 6.45) is 9.71. The van der Waals surface area contributed by atoms with Crippen molar-refractivity contribution in [3.8, 4) is 11.4 Å². The summed E-state index contributed by atoms with van der Waals surface area (Å²) in [6.45, 7) is 1.07. The average molecular weight is 305 g/mol. The number of benzene rings is 1.